The van der Waals surface area contributed by atoms with E-state index in [4.69, 9.17) is 9.47 Å². The van der Waals surface area contributed by atoms with Crippen molar-refractivity contribution >= 4 is 0 Å². The standard InChI is InChI=1S/C17H26N2O2/c1-20-11-4-16-5-12-21-17(16)6-9-19(10-7-17)14-15-3-2-8-18-13-15/h2-3,8,13,16H,4-7,9-12,14H2,1H3/t16-/m1/s1. The molecule has 0 aromatic carbocycles. The van der Waals surface area contributed by atoms with Crippen LogP contribution in [0.5, 0.6) is 0 Å². The van der Waals surface area contributed by atoms with Gasteiger partial charge in [-0.15, -0.1) is 0 Å². The quantitative estimate of drug-likeness (QED) is 0.834. The molecule has 0 saturated carbocycles. The third-order valence-corrected chi connectivity index (χ3v) is 5.10. The Morgan fingerprint density at radius 1 is 1.43 bits per heavy atom. The van der Waals surface area contributed by atoms with Crippen molar-refractivity contribution in [3.63, 3.8) is 0 Å². The molecule has 2 fully saturated rings. The van der Waals surface area contributed by atoms with E-state index in [0.717, 1.165) is 52.1 Å². The Labute approximate surface area is 127 Å². The molecule has 2 aliphatic rings. The van der Waals surface area contributed by atoms with Crippen molar-refractivity contribution in [2.45, 2.75) is 37.8 Å². The van der Waals surface area contributed by atoms with Gasteiger partial charge in [-0.2, -0.15) is 0 Å². The van der Waals surface area contributed by atoms with Gasteiger partial charge in [-0.05, 0) is 43.2 Å². The number of methoxy groups -OCH3 is 1. The van der Waals surface area contributed by atoms with Crippen molar-refractivity contribution in [1.82, 2.24) is 9.88 Å². The van der Waals surface area contributed by atoms with E-state index in [9.17, 15) is 0 Å². The summed E-state index contributed by atoms with van der Waals surface area (Å²) >= 11 is 0. The molecule has 3 heterocycles. The number of ether oxygens (including phenoxy) is 2. The summed E-state index contributed by atoms with van der Waals surface area (Å²) < 4.78 is 11.5. The second-order valence-electron chi connectivity index (χ2n) is 6.32. The van der Waals surface area contributed by atoms with E-state index < -0.39 is 0 Å². The Morgan fingerprint density at radius 3 is 3.00 bits per heavy atom. The van der Waals surface area contributed by atoms with Crippen LogP contribution in [0, 0.1) is 5.92 Å². The SMILES string of the molecule is COCC[C@@H]1CCOC12CCN(Cc1cccnc1)CC2. The lowest BCUT2D eigenvalue weighted by molar-refractivity contribution is -0.0721. The van der Waals surface area contributed by atoms with E-state index in [1.165, 1.54) is 12.0 Å². The van der Waals surface area contributed by atoms with Gasteiger partial charge in [0.15, 0.2) is 0 Å². The van der Waals surface area contributed by atoms with Gasteiger partial charge in [0.1, 0.15) is 0 Å². The minimum atomic E-state index is 0.129. The summed E-state index contributed by atoms with van der Waals surface area (Å²) in [6.07, 6.45) is 8.45. The zero-order chi connectivity index (χ0) is 14.5. The number of rotatable bonds is 5. The minimum absolute atomic E-state index is 0.129. The van der Waals surface area contributed by atoms with Crippen LogP contribution in [0.4, 0.5) is 0 Å². The van der Waals surface area contributed by atoms with Crippen molar-refractivity contribution in [2.75, 3.05) is 33.4 Å². The fourth-order valence-electron chi connectivity index (χ4n) is 3.84. The van der Waals surface area contributed by atoms with Crippen LogP contribution in [-0.4, -0.2) is 48.9 Å². The van der Waals surface area contributed by atoms with E-state index in [-0.39, 0.29) is 5.60 Å². The van der Waals surface area contributed by atoms with Crippen molar-refractivity contribution in [3.8, 4) is 0 Å². The molecule has 2 saturated heterocycles. The third kappa shape index (κ3) is 3.44. The maximum absolute atomic E-state index is 6.20. The van der Waals surface area contributed by atoms with E-state index in [1.54, 1.807) is 7.11 Å². The van der Waals surface area contributed by atoms with Crippen molar-refractivity contribution in [1.29, 1.82) is 0 Å². The normalized spacial score (nSPS) is 25.5. The molecule has 1 atom stereocenters. The van der Waals surface area contributed by atoms with Gasteiger partial charge in [-0.1, -0.05) is 6.07 Å². The summed E-state index contributed by atoms with van der Waals surface area (Å²) in [6.45, 7) is 5.04. The lowest BCUT2D eigenvalue weighted by Gasteiger charge is -2.42. The Morgan fingerprint density at radius 2 is 2.29 bits per heavy atom. The van der Waals surface area contributed by atoms with Gasteiger partial charge in [-0.3, -0.25) is 9.88 Å². The molecule has 0 unspecified atom stereocenters. The van der Waals surface area contributed by atoms with Crippen LogP contribution >= 0.6 is 0 Å². The molecule has 0 amide bonds. The summed E-state index contributed by atoms with van der Waals surface area (Å²) in [5.41, 5.74) is 1.43. The average molecular weight is 290 g/mol. The van der Waals surface area contributed by atoms with Crippen molar-refractivity contribution < 1.29 is 9.47 Å². The van der Waals surface area contributed by atoms with Gasteiger partial charge in [0, 0.05) is 52.4 Å². The van der Waals surface area contributed by atoms with Crippen LogP contribution in [0.25, 0.3) is 0 Å². The molecule has 0 N–H and O–H groups in total. The van der Waals surface area contributed by atoms with Crippen LogP contribution < -0.4 is 0 Å². The van der Waals surface area contributed by atoms with Crippen molar-refractivity contribution in [2.24, 2.45) is 5.92 Å². The number of aromatic nitrogens is 1. The molecule has 0 bridgehead atoms. The first-order valence-corrected chi connectivity index (χ1v) is 8.06. The molecule has 1 aromatic rings. The molecular formula is C17H26N2O2. The molecule has 1 aromatic heterocycles. The topological polar surface area (TPSA) is 34.6 Å². The van der Waals surface area contributed by atoms with E-state index >= 15 is 0 Å². The number of hydrogen-bond acceptors (Lipinski definition) is 4. The van der Waals surface area contributed by atoms with Gasteiger partial charge < -0.3 is 9.47 Å². The number of hydrogen-bond donors (Lipinski definition) is 0. The second-order valence-corrected chi connectivity index (χ2v) is 6.32. The number of pyridine rings is 1. The molecule has 2 aliphatic heterocycles. The zero-order valence-electron chi connectivity index (χ0n) is 13.0. The summed E-state index contributed by atoms with van der Waals surface area (Å²) in [5.74, 6) is 0.679. The zero-order valence-corrected chi connectivity index (χ0v) is 13.0. The first-order chi connectivity index (χ1) is 10.3. The monoisotopic (exact) mass is 290 g/mol. The van der Waals surface area contributed by atoms with Crippen LogP contribution in [0.15, 0.2) is 24.5 Å². The highest BCUT2D eigenvalue weighted by Crippen LogP contribution is 2.42. The predicted molar refractivity (Wildman–Crippen MR) is 82.0 cm³/mol. The number of likely N-dealkylation sites (tertiary alicyclic amines) is 1. The molecule has 0 aliphatic carbocycles. The average Bonchev–Trinajstić information content (AvgIpc) is 2.91. The summed E-state index contributed by atoms with van der Waals surface area (Å²) in [4.78, 5) is 6.73. The molecule has 116 valence electrons. The maximum atomic E-state index is 6.20. The smallest absolute Gasteiger partial charge is 0.0736 e. The van der Waals surface area contributed by atoms with Crippen LogP contribution in [0.1, 0.15) is 31.2 Å². The van der Waals surface area contributed by atoms with E-state index in [0.29, 0.717) is 5.92 Å². The lowest BCUT2D eigenvalue weighted by Crippen LogP contribution is -2.47. The first-order valence-electron chi connectivity index (χ1n) is 8.06. The molecule has 0 radical (unpaired) electrons. The summed E-state index contributed by atoms with van der Waals surface area (Å²) in [7, 11) is 1.79. The van der Waals surface area contributed by atoms with E-state index in [2.05, 4.69) is 16.0 Å². The van der Waals surface area contributed by atoms with Crippen LogP contribution in [0.3, 0.4) is 0 Å². The first kappa shape index (κ1) is 14.9. The van der Waals surface area contributed by atoms with Gasteiger partial charge in [0.25, 0.3) is 0 Å². The van der Waals surface area contributed by atoms with E-state index in [1.807, 2.05) is 18.5 Å². The highest BCUT2D eigenvalue weighted by molar-refractivity contribution is 5.08. The summed E-state index contributed by atoms with van der Waals surface area (Å²) in [5, 5.41) is 0. The van der Waals surface area contributed by atoms with Gasteiger partial charge in [0.05, 0.1) is 5.60 Å². The van der Waals surface area contributed by atoms with Gasteiger partial charge in [0.2, 0.25) is 0 Å². The highest BCUT2D eigenvalue weighted by atomic mass is 16.5. The second kappa shape index (κ2) is 6.86. The molecule has 1 spiro atoms. The Hall–Kier alpha value is -0.970. The Kier molecular flexibility index (Phi) is 4.88. The number of nitrogens with zero attached hydrogens (tertiary/aromatic N) is 2. The van der Waals surface area contributed by atoms with Gasteiger partial charge >= 0.3 is 0 Å². The molecule has 21 heavy (non-hydrogen) atoms. The minimum Gasteiger partial charge on any atom is -0.385 e. The van der Waals surface area contributed by atoms with Crippen LogP contribution in [0.2, 0.25) is 0 Å². The molecule has 4 nitrogen and oxygen atoms in total. The molecule has 4 heteroatoms. The highest BCUT2D eigenvalue weighted by Gasteiger charge is 2.45. The Balaban J connectivity index is 1.54. The summed E-state index contributed by atoms with van der Waals surface area (Å²) in [6, 6.07) is 4.17. The number of piperidine rings is 1. The predicted octanol–water partition coefficient (Wildman–Crippen LogP) is 2.49. The van der Waals surface area contributed by atoms with Gasteiger partial charge in [-0.25, -0.2) is 0 Å². The maximum Gasteiger partial charge on any atom is 0.0736 e. The molecule has 3 rings (SSSR count). The lowest BCUT2D eigenvalue weighted by atomic mass is 9.78. The molecular weight excluding hydrogens is 264 g/mol. The van der Waals surface area contributed by atoms with Crippen molar-refractivity contribution in [3.05, 3.63) is 30.1 Å². The van der Waals surface area contributed by atoms with Crippen LogP contribution in [-0.2, 0) is 16.0 Å². The fraction of sp³-hybridized carbons (Fsp3) is 0.706. The largest absolute Gasteiger partial charge is 0.385 e. The third-order valence-electron chi connectivity index (χ3n) is 5.10. The Bertz CT molecular complexity index is 430. The fourth-order valence-corrected chi connectivity index (χ4v) is 3.84.